The van der Waals surface area contributed by atoms with E-state index in [2.05, 4.69) is 27.7 Å². The van der Waals surface area contributed by atoms with Crippen LogP contribution in [0.3, 0.4) is 0 Å². The van der Waals surface area contributed by atoms with Gasteiger partial charge in [-0.1, -0.05) is 0 Å². The maximum atomic E-state index is 5.65. The van der Waals surface area contributed by atoms with Gasteiger partial charge in [-0.25, -0.2) is 0 Å². The highest BCUT2D eigenvalue weighted by atomic mass is 16.5. The van der Waals surface area contributed by atoms with Gasteiger partial charge >= 0.3 is 0 Å². The average molecular weight is 238 g/mol. The summed E-state index contributed by atoms with van der Waals surface area (Å²) in [6, 6.07) is 2.16. The standard InChI is InChI=1S/C12H22N4O/c1-3-16-11(6-10(2)14-16)8-15-4-5-17-12(7-13)9-15/h6,12H,3-5,7-9,13H2,1-2H3. The lowest BCUT2D eigenvalue weighted by molar-refractivity contribution is -0.0267. The van der Waals surface area contributed by atoms with Gasteiger partial charge in [-0.2, -0.15) is 5.10 Å². The summed E-state index contributed by atoms with van der Waals surface area (Å²) < 4.78 is 7.64. The Balaban J connectivity index is 1.99. The van der Waals surface area contributed by atoms with Crippen LogP contribution < -0.4 is 5.73 Å². The van der Waals surface area contributed by atoms with Crippen molar-refractivity contribution in [1.82, 2.24) is 14.7 Å². The Hall–Kier alpha value is -0.910. The Morgan fingerprint density at radius 3 is 3.12 bits per heavy atom. The lowest BCUT2D eigenvalue weighted by atomic mass is 10.2. The van der Waals surface area contributed by atoms with Gasteiger partial charge in [0.1, 0.15) is 0 Å². The van der Waals surface area contributed by atoms with E-state index < -0.39 is 0 Å². The fourth-order valence-electron chi connectivity index (χ4n) is 2.30. The number of rotatable bonds is 4. The third-order valence-electron chi connectivity index (χ3n) is 3.16. The molecule has 5 heteroatoms. The maximum Gasteiger partial charge on any atom is 0.0824 e. The van der Waals surface area contributed by atoms with E-state index in [-0.39, 0.29) is 6.10 Å². The van der Waals surface area contributed by atoms with E-state index in [1.807, 2.05) is 6.92 Å². The highest BCUT2D eigenvalue weighted by molar-refractivity contribution is 5.09. The van der Waals surface area contributed by atoms with Crippen molar-refractivity contribution in [3.63, 3.8) is 0 Å². The van der Waals surface area contributed by atoms with Gasteiger partial charge in [-0.15, -0.1) is 0 Å². The Bertz CT molecular complexity index is 363. The first kappa shape index (κ1) is 12.5. The Labute approximate surface area is 103 Å². The number of hydrogen-bond acceptors (Lipinski definition) is 4. The Morgan fingerprint density at radius 2 is 2.41 bits per heavy atom. The smallest absolute Gasteiger partial charge is 0.0824 e. The van der Waals surface area contributed by atoms with Crippen LogP contribution in [0.4, 0.5) is 0 Å². The molecule has 0 radical (unpaired) electrons. The van der Waals surface area contributed by atoms with Gasteiger partial charge in [0.25, 0.3) is 0 Å². The summed E-state index contributed by atoms with van der Waals surface area (Å²) in [4.78, 5) is 2.39. The van der Waals surface area contributed by atoms with Crippen LogP contribution in [0.2, 0.25) is 0 Å². The minimum absolute atomic E-state index is 0.183. The molecule has 96 valence electrons. The molecule has 1 fully saturated rings. The highest BCUT2D eigenvalue weighted by Gasteiger charge is 2.20. The second-order valence-corrected chi connectivity index (χ2v) is 4.56. The van der Waals surface area contributed by atoms with E-state index >= 15 is 0 Å². The molecule has 2 heterocycles. The largest absolute Gasteiger partial charge is 0.374 e. The maximum absolute atomic E-state index is 5.65. The van der Waals surface area contributed by atoms with Crippen LogP contribution in [-0.4, -0.2) is 47.0 Å². The number of aryl methyl sites for hydroxylation is 2. The molecule has 17 heavy (non-hydrogen) atoms. The molecule has 1 atom stereocenters. The first-order chi connectivity index (χ1) is 8.22. The molecule has 0 saturated carbocycles. The van der Waals surface area contributed by atoms with Gasteiger partial charge in [0.15, 0.2) is 0 Å². The lowest BCUT2D eigenvalue weighted by Crippen LogP contribution is -2.45. The van der Waals surface area contributed by atoms with E-state index in [9.17, 15) is 0 Å². The average Bonchev–Trinajstić information content (AvgIpc) is 2.69. The molecule has 2 rings (SSSR count). The van der Waals surface area contributed by atoms with Gasteiger partial charge < -0.3 is 10.5 Å². The third-order valence-corrected chi connectivity index (χ3v) is 3.16. The molecule has 0 amide bonds. The Morgan fingerprint density at radius 1 is 1.59 bits per heavy atom. The van der Waals surface area contributed by atoms with Crippen LogP contribution in [0, 0.1) is 6.92 Å². The fourth-order valence-corrected chi connectivity index (χ4v) is 2.30. The molecule has 1 aliphatic heterocycles. The van der Waals surface area contributed by atoms with Crippen molar-refractivity contribution in [3.8, 4) is 0 Å². The third kappa shape index (κ3) is 3.06. The van der Waals surface area contributed by atoms with E-state index in [0.29, 0.717) is 6.54 Å². The summed E-state index contributed by atoms with van der Waals surface area (Å²) in [5.41, 5.74) is 8.02. The molecular formula is C12H22N4O. The van der Waals surface area contributed by atoms with Gasteiger partial charge in [-0.3, -0.25) is 9.58 Å². The van der Waals surface area contributed by atoms with Crippen LogP contribution in [0.25, 0.3) is 0 Å². The van der Waals surface area contributed by atoms with Crippen molar-refractivity contribution in [2.75, 3.05) is 26.2 Å². The molecule has 0 spiro atoms. The molecule has 1 aromatic rings. The molecule has 0 aliphatic carbocycles. The second-order valence-electron chi connectivity index (χ2n) is 4.56. The number of aromatic nitrogens is 2. The molecule has 0 aromatic carbocycles. The molecule has 2 N–H and O–H groups in total. The van der Waals surface area contributed by atoms with E-state index in [1.165, 1.54) is 5.69 Å². The van der Waals surface area contributed by atoms with Gasteiger partial charge in [0, 0.05) is 32.7 Å². The minimum atomic E-state index is 0.183. The van der Waals surface area contributed by atoms with Crippen LogP contribution >= 0.6 is 0 Å². The van der Waals surface area contributed by atoms with Gasteiger partial charge in [0.2, 0.25) is 0 Å². The van der Waals surface area contributed by atoms with Crippen LogP contribution in [-0.2, 0) is 17.8 Å². The molecule has 1 unspecified atom stereocenters. The zero-order valence-electron chi connectivity index (χ0n) is 10.7. The molecule has 1 aromatic heterocycles. The topological polar surface area (TPSA) is 56.3 Å². The first-order valence-corrected chi connectivity index (χ1v) is 6.30. The van der Waals surface area contributed by atoms with E-state index in [1.54, 1.807) is 0 Å². The monoisotopic (exact) mass is 238 g/mol. The van der Waals surface area contributed by atoms with E-state index in [0.717, 1.165) is 38.5 Å². The first-order valence-electron chi connectivity index (χ1n) is 6.30. The summed E-state index contributed by atoms with van der Waals surface area (Å²) in [6.07, 6.45) is 0.183. The molecule has 0 bridgehead atoms. The predicted octanol–water partition coefficient (Wildman–Crippen LogP) is 0.371. The highest BCUT2D eigenvalue weighted by Crippen LogP contribution is 2.11. The summed E-state index contributed by atoms with van der Waals surface area (Å²) in [5.74, 6) is 0. The number of ether oxygens (including phenoxy) is 1. The SMILES string of the molecule is CCn1nc(C)cc1CN1CCOC(CN)C1. The van der Waals surface area contributed by atoms with Crippen molar-refractivity contribution in [2.45, 2.75) is 33.0 Å². The summed E-state index contributed by atoms with van der Waals surface area (Å²) in [5, 5.41) is 4.47. The van der Waals surface area contributed by atoms with Crippen LogP contribution in [0.1, 0.15) is 18.3 Å². The summed E-state index contributed by atoms with van der Waals surface area (Å²) in [6.45, 7) is 9.30. The van der Waals surface area contributed by atoms with Crippen molar-refractivity contribution < 1.29 is 4.74 Å². The predicted molar refractivity (Wildman–Crippen MR) is 66.7 cm³/mol. The van der Waals surface area contributed by atoms with Crippen molar-refractivity contribution >= 4 is 0 Å². The molecule has 1 saturated heterocycles. The second kappa shape index (κ2) is 5.62. The van der Waals surface area contributed by atoms with Gasteiger partial charge in [0.05, 0.1) is 24.1 Å². The number of nitrogens with two attached hydrogens (primary N) is 1. The lowest BCUT2D eigenvalue weighted by Gasteiger charge is -2.32. The Kier molecular flexibility index (Phi) is 4.15. The van der Waals surface area contributed by atoms with Crippen molar-refractivity contribution in [3.05, 3.63) is 17.5 Å². The quantitative estimate of drug-likeness (QED) is 0.823. The number of morpholine rings is 1. The number of hydrogen-bond donors (Lipinski definition) is 1. The number of nitrogens with zero attached hydrogens (tertiary/aromatic N) is 3. The van der Waals surface area contributed by atoms with Crippen LogP contribution in [0.5, 0.6) is 0 Å². The van der Waals surface area contributed by atoms with Gasteiger partial charge in [-0.05, 0) is 19.9 Å². The zero-order chi connectivity index (χ0) is 12.3. The van der Waals surface area contributed by atoms with E-state index in [4.69, 9.17) is 10.5 Å². The summed E-state index contributed by atoms with van der Waals surface area (Å²) in [7, 11) is 0. The molecule has 1 aliphatic rings. The zero-order valence-corrected chi connectivity index (χ0v) is 10.7. The van der Waals surface area contributed by atoms with Crippen LogP contribution in [0.15, 0.2) is 6.07 Å². The fraction of sp³-hybridized carbons (Fsp3) is 0.750. The minimum Gasteiger partial charge on any atom is -0.374 e. The summed E-state index contributed by atoms with van der Waals surface area (Å²) >= 11 is 0. The van der Waals surface area contributed by atoms with Crippen molar-refractivity contribution in [1.29, 1.82) is 0 Å². The van der Waals surface area contributed by atoms with Crippen molar-refractivity contribution in [2.24, 2.45) is 5.73 Å². The molecular weight excluding hydrogens is 216 g/mol. The normalized spacial score (nSPS) is 21.9. The molecule has 5 nitrogen and oxygen atoms in total.